The van der Waals surface area contributed by atoms with E-state index in [1.54, 1.807) is 0 Å². The summed E-state index contributed by atoms with van der Waals surface area (Å²) in [6.45, 7) is 13.6. The van der Waals surface area contributed by atoms with E-state index in [1.807, 2.05) is 0 Å². The van der Waals surface area contributed by atoms with Crippen molar-refractivity contribution in [2.24, 2.45) is 0 Å². The maximum atomic E-state index is 7.98. The minimum Gasteiger partial charge on any atom is -0.537 e. The number of hydrogen-bond donors (Lipinski definition) is 0. The lowest BCUT2D eigenvalue weighted by atomic mass is 9.52. The van der Waals surface area contributed by atoms with Crippen molar-refractivity contribution in [1.82, 2.24) is 0 Å². The second-order valence-electron chi connectivity index (χ2n) is 25.1. The molecule has 0 saturated carbocycles. The van der Waals surface area contributed by atoms with Gasteiger partial charge in [-0.3, -0.25) is 0 Å². The standard InChI is InChI=1S/C74H57B3N4O4/c1-73(2,3)46-37-39-54-56-43-60(78(48-25-13-7-14-26-48)49-27-15-8-16-28-49)71-66-64-58(80(52-33-21-11-22-34-52)75(68(56)66)82-62(54)41-46)45-59-65-67-69-57(55-40-38-47(74(4,5)6)42-63(55)83-76(69)81(59)53-35-23-12-24-36-53)44-61(72(67)85-77(84-71)70(64)65)79(50-29-17-9-18-30-50)51-31-19-10-20-32-51/h7-45H,1-6H3. The molecule has 0 N–H and O–H groups in total. The first-order valence-electron chi connectivity index (χ1n) is 29.6. The molecule has 8 nitrogen and oxygen atoms in total. The molecule has 0 saturated heterocycles. The lowest BCUT2D eigenvalue weighted by molar-refractivity contribution is 0.437. The van der Waals surface area contributed by atoms with E-state index in [2.05, 4.69) is 298 Å². The van der Waals surface area contributed by atoms with Gasteiger partial charge in [0, 0.05) is 95.3 Å². The Kier molecular flexibility index (Phi) is 10.7. The first kappa shape index (κ1) is 49.6. The topological polar surface area (TPSA) is 49.9 Å². The van der Waals surface area contributed by atoms with E-state index in [0.717, 1.165) is 129 Å². The van der Waals surface area contributed by atoms with Crippen LogP contribution in [0.3, 0.4) is 0 Å². The van der Waals surface area contributed by atoms with Gasteiger partial charge in [-0.1, -0.05) is 175 Å². The van der Waals surface area contributed by atoms with E-state index >= 15 is 0 Å². The van der Waals surface area contributed by atoms with Crippen LogP contribution in [0.5, 0.6) is 23.0 Å². The van der Waals surface area contributed by atoms with Crippen molar-refractivity contribution >= 4 is 94.5 Å². The van der Waals surface area contributed by atoms with Gasteiger partial charge in [-0.05, 0) is 136 Å². The zero-order chi connectivity index (χ0) is 57.0. The summed E-state index contributed by atoms with van der Waals surface area (Å²) in [7, 11) is -2.15. The Balaban J connectivity index is 1.05. The maximum Gasteiger partial charge on any atom is 0.634 e. The van der Waals surface area contributed by atoms with E-state index in [0.29, 0.717) is 11.5 Å². The molecule has 0 aromatic heterocycles. The highest BCUT2D eigenvalue weighted by atomic mass is 16.6. The van der Waals surface area contributed by atoms with Gasteiger partial charge >= 0.3 is 21.2 Å². The van der Waals surface area contributed by atoms with Crippen LogP contribution < -0.4 is 54.4 Å². The molecule has 6 aliphatic heterocycles. The molecule has 11 aromatic carbocycles. The average Bonchev–Trinajstić information content (AvgIpc) is 0.679. The Morgan fingerprint density at radius 1 is 0.329 bits per heavy atom. The number of fused-ring (bicyclic) bond motifs is 4. The lowest BCUT2D eigenvalue weighted by Crippen LogP contribution is -2.62. The second-order valence-corrected chi connectivity index (χ2v) is 25.1. The molecule has 0 fully saturated rings. The van der Waals surface area contributed by atoms with Crippen molar-refractivity contribution < 1.29 is 18.6 Å². The number of nitrogens with zero attached hydrogens (tertiary/aromatic N) is 4. The summed E-state index contributed by atoms with van der Waals surface area (Å²) in [6.07, 6.45) is 0. The van der Waals surface area contributed by atoms with Gasteiger partial charge in [0.05, 0.1) is 11.4 Å². The number of hydrogen-bond acceptors (Lipinski definition) is 8. The predicted octanol–water partition coefficient (Wildman–Crippen LogP) is 16.8. The molecule has 11 heteroatoms. The van der Waals surface area contributed by atoms with Gasteiger partial charge in [0.25, 0.3) is 0 Å². The third-order valence-corrected chi connectivity index (χ3v) is 18.0. The number of benzene rings is 11. The van der Waals surface area contributed by atoms with Crippen LogP contribution in [0.25, 0.3) is 44.5 Å². The van der Waals surface area contributed by atoms with Crippen molar-refractivity contribution in [3.63, 3.8) is 0 Å². The van der Waals surface area contributed by atoms with Gasteiger partial charge in [-0.2, -0.15) is 0 Å². The molecule has 0 atom stereocenters. The molecule has 11 aromatic rings. The number of anilines is 10. The van der Waals surface area contributed by atoms with Gasteiger partial charge in [0.2, 0.25) is 0 Å². The SMILES string of the molecule is CC(C)(C)c1ccc2c(c1)OB1c3c-2cc(N(c2ccccc2)c2ccccc2)c2c3-c3c(cc4c5c3B(O2)Oc2c(N(c3ccccc3)c3ccccc3)cc3c(c2-5)B(Oc2cc(C(C)(C)C)ccc2-3)N4c2ccccc2)N1c1ccccc1. The highest BCUT2D eigenvalue weighted by Crippen LogP contribution is 2.62. The molecule has 0 bridgehead atoms. The van der Waals surface area contributed by atoms with Crippen LogP contribution in [-0.4, -0.2) is 21.2 Å². The fourth-order valence-corrected chi connectivity index (χ4v) is 14.0. The Bertz CT molecular complexity index is 4180. The van der Waals surface area contributed by atoms with Crippen molar-refractivity contribution in [3.05, 3.63) is 248 Å². The van der Waals surface area contributed by atoms with Crippen molar-refractivity contribution in [1.29, 1.82) is 0 Å². The monoisotopic (exact) mass is 1100 g/mol. The molecule has 85 heavy (non-hydrogen) atoms. The number of para-hydroxylation sites is 6. The third kappa shape index (κ3) is 7.38. The van der Waals surface area contributed by atoms with Crippen LogP contribution in [0.1, 0.15) is 52.7 Å². The minimum atomic E-state index is -0.931. The van der Waals surface area contributed by atoms with E-state index in [9.17, 15) is 0 Å². The molecule has 406 valence electrons. The van der Waals surface area contributed by atoms with Gasteiger partial charge in [0.1, 0.15) is 23.0 Å². The van der Waals surface area contributed by atoms with Crippen LogP contribution in [0, 0.1) is 0 Å². The first-order chi connectivity index (χ1) is 41.5. The van der Waals surface area contributed by atoms with Crippen LogP contribution in [0.4, 0.5) is 56.9 Å². The predicted molar refractivity (Wildman–Crippen MR) is 351 cm³/mol. The fraction of sp³-hybridized carbons (Fsp3) is 0.108. The Labute approximate surface area is 497 Å². The quantitative estimate of drug-likeness (QED) is 0.140. The maximum absolute atomic E-state index is 7.98. The van der Waals surface area contributed by atoms with Crippen molar-refractivity contribution in [2.75, 3.05) is 19.4 Å². The van der Waals surface area contributed by atoms with Crippen LogP contribution in [0.15, 0.2) is 237 Å². The van der Waals surface area contributed by atoms with Crippen molar-refractivity contribution in [2.45, 2.75) is 52.4 Å². The van der Waals surface area contributed by atoms with Crippen molar-refractivity contribution in [3.8, 4) is 67.5 Å². The summed E-state index contributed by atoms with van der Waals surface area (Å²) < 4.78 is 31.4. The average molecular weight is 1100 g/mol. The van der Waals surface area contributed by atoms with E-state index in [-0.39, 0.29) is 10.8 Å². The molecule has 6 aliphatic rings. The Morgan fingerprint density at radius 2 is 0.671 bits per heavy atom. The summed E-state index contributed by atoms with van der Waals surface area (Å²) >= 11 is 0. The van der Waals surface area contributed by atoms with Gasteiger partial charge < -0.3 is 38.0 Å². The highest BCUT2D eigenvalue weighted by molar-refractivity contribution is 6.82. The number of rotatable bonds is 8. The molecule has 6 heterocycles. The van der Waals surface area contributed by atoms with Gasteiger partial charge in [0.15, 0.2) is 0 Å². The van der Waals surface area contributed by atoms with E-state index in [1.165, 1.54) is 11.1 Å². The van der Waals surface area contributed by atoms with Crippen LogP contribution >= 0.6 is 0 Å². The highest BCUT2D eigenvalue weighted by Gasteiger charge is 2.58. The summed E-state index contributed by atoms with van der Waals surface area (Å²) in [5.74, 6) is 3.09. The molecule has 0 spiro atoms. The van der Waals surface area contributed by atoms with Crippen LogP contribution in [-0.2, 0) is 10.8 Å². The van der Waals surface area contributed by atoms with Gasteiger partial charge in [-0.25, -0.2) is 0 Å². The fourth-order valence-electron chi connectivity index (χ4n) is 14.0. The summed E-state index contributed by atoms with van der Waals surface area (Å²) in [6, 6.07) is 84.9. The Hall–Kier alpha value is -9.99. The minimum absolute atomic E-state index is 0.134. The molecular formula is C74H57B3N4O4. The first-order valence-corrected chi connectivity index (χ1v) is 29.6. The molecule has 0 unspecified atom stereocenters. The Morgan fingerprint density at radius 3 is 1.01 bits per heavy atom. The summed E-state index contributed by atoms with van der Waals surface area (Å²) in [4.78, 5) is 9.55. The summed E-state index contributed by atoms with van der Waals surface area (Å²) in [5.41, 5.74) is 23.2. The zero-order valence-corrected chi connectivity index (χ0v) is 48.2. The molecular weight excluding hydrogens is 1040 g/mol. The second kappa shape index (κ2) is 18.3. The molecule has 0 amide bonds. The lowest BCUT2D eigenvalue weighted by Gasteiger charge is -2.49. The molecule has 17 rings (SSSR count). The zero-order valence-electron chi connectivity index (χ0n) is 48.2. The normalized spacial score (nSPS) is 14.0. The largest absolute Gasteiger partial charge is 0.634 e. The van der Waals surface area contributed by atoms with Gasteiger partial charge in [-0.15, -0.1) is 0 Å². The van der Waals surface area contributed by atoms with E-state index < -0.39 is 21.2 Å². The van der Waals surface area contributed by atoms with Crippen LogP contribution in [0.2, 0.25) is 0 Å². The third-order valence-electron chi connectivity index (χ3n) is 18.0. The van der Waals surface area contributed by atoms with E-state index in [4.69, 9.17) is 18.6 Å². The molecule has 0 radical (unpaired) electrons. The molecule has 0 aliphatic carbocycles. The smallest absolute Gasteiger partial charge is 0.537 e. The summed E-state index contributed by atoms with van der Waals surface area (Å²) in [5, 5.41) is 0.